The van der Waals surface area contributed by atoms with E-state index in [2.05, 4.69) is 59.6 Å². The minimum atomic E-state index is -0.510. The zero-order valence-corrected chi connectivity index (χ0v) is 22.6. The Balaban J connectivity index is -0.000000307. The summed E-state index contributed by atoms with van der Waals surface area (Å²) in [5, 5.41) is 14.8. The van der Waals surface area contributed by atoms with Crippen LogP contribution < -0.4 is 0 Å². The van der Waals surface area contributed by atoms with E-state index in [-0.39, 0.29) is 23.0 Å². The average molecular weight is 568 g/mol. The van der Waals surface area contributed by atoms with E-state index in [1.165, 1.54) is 5.56 Å². The Hall–Kier alpha value is -1.02. The van der Waals surface area contributed by atoms with Crippen LogP contribution in [0, 0.1) is 96.2 Å². The molecule has 0 heterocycles. The third kappa shape index (κ3) is 18.3. The summed E-state index contributed by atoms with van der Waals surface area (Å²) in [6.45, 7) is 20.8. The van der Waals surface area contributed by atoms with E-state index < -0.39 is 6.10 Å². The molecule has 10 radical (unpaired) electrons. The molecule has 188 valence electrons. The Kier molecular flexibility index (Phi) is 35.3. The number of hydrazine groups is 1. The number of hydrogen-bond donors (Lipinski definition) is 1. The van der Waals surface area contributed by atoms with Crippen LogP contribution in [0.15, 0.2) is 30.3 Å². The molecule has 1 N–H and O–H groups in total. The van der Waals surface area contributed by atoms with Crippen molar-refractivity contribution in [2.24, 2.45) is 5.92 Å². The van der Waals surface area contributed by atoms with Crippen molar-refractivity contribution in [3.8, 4) is 0 Å². The number of hydrogen-bond acceptors (Lipinski definition) is 3. The van der Waals surface area contributed by atoms with Gasteiger partial charge in [0, 0.05) is 0 Å². The van der Waals surface area contributed by atoms with Crippen molar-refractivity contribution in [2.45, 2.75) is 19.6 Å². The zero-order chi connectivity index (χ0) is 27.6. The average Bonchev–Trinajstić information content (AvgIpc) is 3.69. The van der Waals surface area contributed by atoms with Crippen LogP contribution in [0.1, 0.15) is 12.5 Å². The fourth-order valence-electron chi connectivity index (χ4n) is 2.74. The van der Waals surface area contributed by atoms with Crippen molar-refractivity contribution in [1.82, 2.24) is 10.0 Å². The molecule has 7 nitrogen and oxygen atoms in total. The van der Waals surface area contributed by atoms with Crippen molar-refractivity contribution in [2.75, 3.05) is 14.1 Å². The smallest absolute Gasteiger partial charge is 0.0312 e. The van der Waals surface area contributed by atoms with Crippen LogP contribution in [0.5, 0.6) is 0 Å². The molecule has 2 fully saturated rings. The minimum Gasteiger partial charge on any atom is -0.0312 e. The molecule has 9 heteroatoms. The van der Waals surface area contributed by atoms with E-state index in [4.69, 9.17) is 18.6 Å². The summed E-state index contributed by atoms with van der Waals surface area (Å²) in [7, 11) is 4.03. The molecule has 0 amide bonds. The fourth-order valence-corrected chi connectivity index (χ4v) is 3.30. The Morgan fingerprint density at radius 2 is 1.19 bits per heavy atom. The van der Waals surface area contributed by atoms with Crippen molar-refractivity contribution in [3.05, 3.63) is 126 Å². The molecular formula is C27H28CrFeN2O5+2. The summed E-state index contributed by atoms with van der Waals surface area (Å²) in [5.74, 6) is 0.951. The molecular weight excluding hydrogens is 540 g/mol. The molecule has 3 rings (SSSR count). The monoisotopic (exact) mass is 568 g/mol. The summed E-state index contributed by atoms with van der Waals surface area (Å²) < 4.78 is 31.0. The molecule has 2 saturated carbocycles. The number of aliphatic hydroxyl groups is 1. The number of benzene rings is 1. The van der Waals surface area contributed by atoms with Crippen LogP contribution in [0.4, 0.5) is 0 Å². The molecule has 2 atom stereocenters. The third-order valence-corrected chi connectivity index (χ3v) is 5.27. The molecule has 0 bridgehead atoms. The van der Waals surface area contributed by atoms with Gasteiger partial charge in [-0.2, -0.15) is 0 Å². The maximum absolute atomic E-state index is 10.6. The van der Waals surface area contributed by atoms with Crippen molar-refractivity contribution < 1.29 is 56.6 Å². The molecule has 2 aliphatic carbocycles. The normalized spacial score (nSPS) is 15.1. The Labute approximate surface area is 236 Å². The van der Waals surface area contributed by atoms with Gasteiger partial charge in [0.2, 0.25) is 0 Å². The molecule has 0 spiro atoms. The van der Waals surface area contributed by atoms with E-state index in [9.17, 15) is 5.11 Å². The van der Waals surface area contributed by atoms with Gasteiger partial charge < -0.3 is 0 Å². The van der Waals surface area contributed by atoms with Crippen LogP contribution in [0.2, 0.25) is 0 Å². The van der Waals surface area contributed by atoms with Gasteiger partial charge in [-0.25, -0.2) is 0 Å². The Bertz CT molecular complexity index is 684. The van der Waals surface area contributed by atoms with E-state index in [1.54, 1.807) is 0 Å². The van der Waals surface area contributed by atoms with Crippen LogP contribution in [0.3, 0.4) is 0 Å². The first-order valence-electron chi connectivity index (χ1n) is 9.91. The summed E-state index contributed by atoms with van der Waals surface area (Å²) in [5.41, 5.74) is 1.24. The number of nitrogens with zero attached hydrogens (tertiary/aromatic N) is 2. The molecule has 2 aliphatic rings. The molecule has 0 aliphatic heterocycles. The SMILES string of the molecule is C[C@@H]([C](=[Cr])N(Cc1ccccc1)N(C)C)[C@@H](O)[C]1[CH][CH][CH][CH]1.[C-]#[O+].[C-]#[O+].[C-]#[O+].[C-]#[O+].[CH]1[CH][CH][CH][CH]1.[Fe+2]. The topological polar surface area (TPSA) is 106 Å². The van der Waals surface area contributed by atoms with Crippen LogP contribution in [0.25, 0.3) is 0 Å². The van der Waals surface area contributed by atoms with Gasteiger partial charge in [0.1, 0.15) is 0 Å². The molecule has 0 aromatic heterocycles. The van der Waals surface area contributed by atoms with Crippen molar-refractivity contribution in [1.29, 1.82) is 0 Å². The first kappa shape index (κ1) is 42.1. The Morgan fingerprint density at radius 1 is 0.806 bits per heavy atom. The van der Waals surface area contributed by atoms with Gasteiger partial charge >= 0.3 is 205 Å². The van der Waals surface area contributed by atoms with Gasteiger partial charge in [0.25, 0.3) is 0 Å². The van der Waals surface area contributed by atoms with Gasteiger partial charge in [-0.3, -0.25) is 0 Å². The second-order valence-corrected chi connectivity index (χ2v) is 7.30. The second-order valence-electron chi connectivity index (χ2n) is 6.64. The largest absolute Gasteiger partial charge is 2.00 e. The summed E-state index contributed by atoms with van der Waals surface area (Å²) >= 11 is 3.16. The van der Waals surface area contributed by atoms with Crippen molar-refractivity contribution in [3.63, 3.8) is 0 Å². The maximum Gasteiger partial charge on any atom is 2.00 e. The van der Waals surface area contributed by atoms with Crippen LogP contribution in [-0.2, 0) is 58.1 Å². The second kappa shape index (κ2) is 30.2. The van der Waals surface area contributed by atoms with E-state index in [0.29, 0.717) is 0 Å². The standard InChI is InChI=1S/C18H23N2O.C5H5.4CO.Cr.Fe/c1-15(18(21)17-11-7-8-12-17)13-20(19(2)3)14-16-9-5-4-6-10-16;1-2-4-5-3-1;4*1-2;;/h4-12,15,18,21H,14H2,1-3H3;1-5H;;;;;;/q;;;;;;;+2/t15-,18+;;;;;;;/m0......./s1. The van der Waals surface area contributed by atoms with E-state index in [1.807, 2.05) is 102 Å². The van der Waals surface area contributed by atoms with Crippen molar-refractivity contribution >= 4 is 4.50 Å². The van der Waals surface area contributed by atoms with Gasteiger partial charge in [0.15, 0.2) is 0 Å². The molecule has 1 aromatic rings. The van der Waals surface area contributed by atoms with Gasteiger partial charge in [0.05, 0.1) is 0 Å². The number of aliphatic hydroxyl groups excluding tert-OH is 1. The third-order valence-electron chi connectivity index (χ3n) is 4.36. The van der Waals surface area contributed by atoms with Crippen LogP contribution in [-0.4, -0.2) is 39.8 Å². The first-order valence-corrected chi connectivity index (χ1v) is 10.5. The predicted octanol–water partition coefficient (Wildman–Crippen LogP) is 2.91. The molecule has 36 heavy (non-hydrogen) atoms. The summed E-state index contributed by atoms with van der Waals surface area (Å²) in [6, 6.07) is 10.3. The quantitative estimate of drug-likeness (QED) is 0.237. The van der Waals surface area contributed by atoms with Crippen LogP contribution >= 0.6 is 0 Å². The summed E-state index contributed by atoms with van der Waals surface area (Å²) in [6.07, 6.45) is 17.3. The fraction of sp³-hybridized carbons (Fsp3) is 0.222. The predicted molar refractivity (Wildman–Crippen MR) is 124 cm³/mol. The molecule has 0 unspecified atom stereocenters. The minimum absolute atomic E-state index is 0. The molecule has 1 aromatic carbocycles. The van der Waals surface area contributed by atoms with Gasteiger partial charge in [-0.1, -0.05) is 0 Å². The van der Waals surface area contributed by atoms with E-state index >= 15 is 0 Å². The maximum atomic E-state index is 10.6. The summed E-state index contributed by atoms with van der Waals surface area (Å²) in [4.78, 5) is 0. The zero-order valence-electron chi connectivity index (χ0n) is 20.2. The van der Waals surface area contributed by atoms with E-state index in [0.717, 1.165) is 17.0 Å². The first-order chi connectivity index (χ1) is 17.0. The molecule has 0 saturated heterocycles. The number of rotatable bonds is 7. The Morgan fingerprint density at radius 3 is 1.56 bits per heavy atom. The van der Waals surface area contributed by atoms with Gasteiger partial charge in [-0.05, 0) is 32.1 Å². The van der Waals surface area contributed by atoms with Gasteiger partial charge in [-0.15, -0.1) is 0 Å².